The molecule has 0 fully saturated rings. The molecule has 0 spiro atoms. The van der Waals surface area contributed by atoms with Gasteiger partial charge in [0, 0.05) is 33.0 Å². The number of oxime groups is 1. The molecule has 0 radical (unpaired) electrons. The Morgan fingerprint density at radius 1 is 1.23 bits per heavy atom. The number of aliphatic imine (C=N–C) groups is 1. The number of allylic oxidation sites excluding steroid dienone is 1. The summed E-state index contributed by atoms with van der Waals surface area (Å²) in [5, 5.41) is 12.3. The summed E-state index contributed by atoms with van der Waals surface area (Å²) in [5.41, 5.74) is 3.44. The number of halogens is 1. The molecule has 0 aliphatic carbocycles. The highest BCUT2D eigenvalue weighted by Crippen LogP contribution is 2.32. The van der Waals surface area contributed by atoms with E-state index in [0.29, 0.717) is 19.0 Å². The van der Waals surface area contributed by atoms with Crippen LogP contribution in [0.5, 0.6) is 0 Å². The van der Waals surface area contributed by atoms with Crippen molar-refractivity contribution >= 4 is 26.1 Å². The van der Waals surface area contributed by atoms with E-state index < -0.39 is 8.07 Å². The first-order valence-electron chi connectivity index (χ1n) is 10.7. The molecule has 0 amide bonds. The van der Waals surface area contributed by atoms with Crippen molar-refractivity contribution in [1.29, 1.82) is 0 Å². The Bertz CT molecular complexity index is 928. The summed E-state index contributed by atoms with van der Waals surface area (Å²) >= 11 is 0. The highest BCUT2D eigenvalue weighted by Gasteiger charge is 2.22. The number of dihydropyridines is 1. The number of nitrogens with zero attached hydrogens (tertiary/aromatic N) is 4. The zero-order valence-electron chi connectivity index (χ0n) is 19.1. The van der Waals surface area contributed by atoms with Gasteiger partial charge >= 0.3 is 0 Å². The van der Waals surface area contributed by atoms with Gasteiger partial charge in [0.05, 0.1) is 11.4 Å². The minimum atomic E-state index is -1.21. The topological polar surface area (TPSA) is 72.0 Å². The van der Waals surface area contributed by atoms with Gasteiger partial charge in [0.2, 0.25) is 0 Å². The molecule has 1 N–H and O–H groups in total. The summed E-state index contributed by atoms with van der Waals surface area (Å²) in [6.07, 6.45) is 5.77. The van der Waals surface area contributed by atoms with Crippen LogP contribution in [-0.2, 0) is 11.5 Å². The van der Waals surface area contributed by atoms with Gasteiger partial charge in [-0.25, -0.2) is 9.37 Å². The fraction of sp³-hybridized carbons (Fsp3) is 0.435. The first kappa shape index (κ1) is 24.7. The lowest BCUT2D eigenvalue weighted by Gasteiger charge is -2.17. The SMILES string of the molecule is CC.C[Si](C)(C)CCOCn1c(/C=N/O)nc(C2=CC=NCC2)c1-c1ccc(F)cc1. The zero-order valence-corrected chi connectivity index (χ0v) is 20.1. The van der Waals surface area contributed by atoms with Crippen molar-refractivity contribution in [2.75, 3.05) is 13.2 Å². The molecule has 1 aromatic heterocycles. The van der Waals surface area contributed by atoms with E-state index in [1.54, 1.807) is 18.3 Å². The molecule has 0 saturated heterocycles. The summed E-state index contributed by atoms with van der Waals surface area (Å²) in [6, 6.07) is 7.36. The van der Waals surface area contributed by atoms with Gasteiger partial charge in [-0.2, -0.15) is 0 Å². The Morgan fingerprint density at radius 2 is 1.94 bits per heavy atom. The summed E-state index contributed by atoms with van der Waals surface area (Å²) in [4.78, 5) is 8.95. The summed E-state index contributed by atoms with van der Waals surface area (Å²) in [7, 11) is -1.21. The molecule has 1 aliphatic heterocycles. The van der Waals surface area contributed by atoms with Crippen LogP contribution in [0.4, 0.5) is 4.39 Å². The van der Waals surface area contributed by atoms with Crippen LogP contribution in [-0.4, -0.2) is 48.4 Å². The fourth-order valence-electron chi connectivity index (χ4n) is 3.09. The normalized spacial score (nSPS) is 13.8. The standard InChI is InChI=1S/C21H27FN4O2Si.C2H6/c1-29(2,3)13-12-28-15-26-19(14-24-27)25-20(16-8-10-23-11-9-16)21(26)17-4-6-18(22)7-5-17;1-2/h4-8,10,14,27H,9,11-13,15H2,1-3H3;1-2H3/b24-14+;. The molecule has 2 aromatic rings. The Morgan fingerprint density at radius 3 is 2.52 bits per heavy atom. The largest absolute Gasteiger partial charge is 0.411 e. The number of aromatic nitrogens is 2. The minimum Gasteiger partial charge on any atom is -0.411 e. The lowest BCUT2D eigenvalue weighted by atomic mass is 10.0. The number of ether oxygens (including phenoxy) is 1. The van der Waals surface area contributed by atoms with Crippen LogP contribution < -0.4 is 0 Å². The average Bonchev–Trinajstić information content (AvgIpc) is 3.12. The first-order chi connectivity index (χ1) is 14.9. The van der Waals surface area contributed by atoms with Crippen LogP contribution in [0.1, 0.15) is 31.8 Å². The summed E-state index contributed by atoms with van der Waals surface area (Å²) < 4.78 is 21.4. The third-order valence-electron chi connectivity index (χ3n) is 4.70. The van der Waals surface area contributed by atoms with E-state index in [9.17, 15) is 4.39 Å². The van der Waals surface area contributed by atoms with E-state index in [4.69, 9.17) is 14.9 Å². The van der Waals surface area contributed by atoms with Gasteiger partial charge in [-0.05, 0) is 48.4 Å². The second-order valence-corrected chi connectivity index (χ2v) is 13.8. The van der Waals surface area contributed by atoms with E-state index in [1.165, 1.54) is 18.3 Å². The maximum Gasteiger partial charge on any atom is 0.157 e. The quantitative estimate of drug-likeness (QED) is 0.187. The van der Waals surface area contributed by atoms with Crippen molar-refractivity contribution in [3.8, 4) is 11.3 Å². The second-order valence-electron chi connectivity index (χ2n) is 8.19. The van der Waals surface area contributed by atoms with Crippen molar-refractivity contribution in [2.24, 2.45) is 10.1 Å². The molecule has 6 nitrogen and oxygen atoms in total. The maximum absolute atomic E-state index is 13.5. The van der Waals surface area contributed by atoms with E-state index in [0.717, 1.165) is 35.0 Å². The molecule has 8 heteroatoms. The van der Waals surface area contributed by atoms with Crippen LogP contribution in [0.15, 0.2) is 40.5 Å². The van der Waals surface area contributed by atoms with Crippen molar-refractivity contribution < 1.29 is 14.3 Å². The number of imidazole rings is 1. The van der Waals surface area contributed by atoms with Crippen molar-refractivity contribution in [1.82, 2.24) is 9.55 Å². The van der Waals surface area contributed by atoms with Crippen molar-refractivity contribution in [3.05, 3.63) is 47.7 Å². The molecule has 1 aromatic carbocycles. The van der Waals surface area contributed by atoms with Crippen molar-refractivity contribution in [2.45, 2.75) is 52.7 Å². The highest BCUT2D eigenvalue weighted by molar-refractivity contribution is 6.76. The maximum atomic E-state index is 13.5. The van der Waals surface area contributed by atoms with Crippen molar-refractivity contribution in [3.63, 3.8) is 0 Å². The zero-order chi connectivity index (χ0) is 22.9. The smallest absolute Gasteiger partial charge is 0.157 e. The van der Waals surface area contributed by atoms with Gasteiger partial charge in [-0.3, -0.25) is 9.56 Å². The van der Waals surface area contributed by atoms with Gasteiger partial charge in [0.1, 0.15) is 18.8 Å². The highest BCUT2D eigenvalue weighted by atomic mass is 28.3. The summed E-state index contributed by atoms with van der Waals surface area (Å²) in [6.45, 7) is 12.5. The number of benzene rings is 1. The number of hydrogen-bond acceptors (Lipinski definition) is 5. The third kappa shape index (κ3) is 6.97. The molecule has 31 heavy (non-hydrogen) atoms. The number of rotatable bonds is 8. The lowest BCUT2D eigenvalue weighted by molar-refractivity contribution is 0.0878. The third-order valence-corrected chi connectivity index (χ3v) is 6.40. The molecule has 0 bridgehead atoms. The molecule has 0 saturated carbocycles. The molecule has 0 atom stereocenters. The van der Waals surface area contributed by atoms with Crippen LogP contribution in [0.3, 0.4) is 0 Å². The molecule has 0 unspecified atom stereocenters. The Hall–Kier alpha value is -2.58. The Labute approximate surface area is 185 Å². The molecule has 168 valence electrons. The van der Waals surface area contributed by atoms with E-state index >= 15 is 0 Å². The minimum absolute atomic E-state index is 0.271. The first-order valence-corrected chi connectivity index (χ1v) is 14.4. The summed E-state index contributed by atoms with van der Waals surface area (Å²) in [5.74, 6) is 0.187. The molecular weight excluding hydrogens is 411 g/mol. The van der Waals surface area contributed by atoms with Crippen LogP contribution in [0.2, 0.25) is 25.7 Å². The number of hydrogen-bond donors (Lipinski definition) is 1. The van der Waals surface area contributed by atoms with Gasteiger partial charge < -0.3 is 9.94 Å². The van der Waals surface area contributed by atoms with E-state index in [-0.39, 0.29) is 12.5 Å². The molecule has 2 heterocycles. The van der Waals surface area contributed by atoms with E-state index in [2.05, 4.69) is 29.8 Å². The van der Waals surface area contributed by atoms with Crippen LogP contribution >= 0.6 is 0 Å². The van der Waals surface area contributed by atoms with Gasteiger partial charge in [0.25, 0.3) is 0 Å². The fourth-order valence-corrected chi connectivity index (χ4v) is 3.85. The second kappa shape index (κ2) is 11.7. The predicted octanol–water partition coefficient (Wildman–Crippen LogP) is 5.69. The molecule has 3 rings (SSSR count). The molecule has 1 aliphatic rings. The average molecular weight is 445 g/mol. The van der Waals surface area contributed by atoms with Gasteiger partial charge in [-0.1, -0.05) is 38.6 Å². The Balaban J connectivity index is 0.00000166. The van der Waals surface area contributed by atoms with Crippen LogP contribution in [0, 0.1) is 5.82 Å². The predicted molar refractivity (Wildman–Crippen MR) is 128 cm³/mol. The molecular formula is C23H33FN4O2Si. The lowest BCUT2D eigenvalue weighted by Crippen LogP contribution is -2.22. The van der Waals surface area contributed by atoms with Crippen LogP contribution in [0.25, 0.3) is 16.8 Å². The Kier molecular flexibility index (Phi) is 9.33. The van der Waals surface area contributed by atoms with Gasteiger partial charge in [-0.15, -0.1) is 0 Å². The van der Waals surface area contributed by atoms with E-state index in [1.807, 2.05) is 24.5 Å². The van der Waals surface area contributed by atoms with Gasteiger partial charge in [0.15, 0.2) is 5.82 Å². The monoisotopic (exact) mass is 444 g/mol.